The van der Waals surface area contributed by atoms with Gasteiger partial charge in [0, 0.05) is 17.6 Å². The summed E-state index contributed by atoms with van der Waals surface area (Å²) in [6.45, 7) is 3.34. The van der Waals surface area contributed by atoms with Crippen LogP contribution in [0.5, 0.6) is 0 Å². The zero-order valence-corrected chi connectivity index (χ0v) is 12.1. The predicted octanol–water partition coefficient (Wildman–Crippen LogP) is 4.19. The number of benzene rings is 1. The third kappa shape index (κ3) is 3.29. The molecule has 0 spiro atoms. The van der Waals surface area contributed by atoms with Crippen molar-refractivity contribution in [2.75, 3.05) is 6.54 Å². The maximum absolute atomic E-state index is 13.4. The van der Waals surface area contributed by atoms with Gasteiger partial charge in [-0.1, -0.05) is 18.5 Å². The summed E-state index contributed by atoms with van der Waals surface area (Å²) in [6.07, 6.45) is 6.09. The van der Waals surface area contributed by atoms with E-state index in [0.717, 1.165) is 30.5 Å². The third-order valence-electron chi connectivity index (χ3n) is 4.54. The molecule has 2 aliphatic carbocycles. The first-order valence-corrected chi connectivity index (χ1v) is 7.62. The maximum Gasteiger partial charge on any atom is 0.123 e. The van der Waals surface area contributed by atoms with Crippen molar-refractivity contribution in [1.82, 2.24) is 5.32 Å². The van der Waals surface area contributed by atoms with Crippen LogP contribution in [0.3, 0.4) is 0 Å². The summed E-state index contributed by atoms with van der Waals surface area (Å²) in [5, 5.41) is 4.33. The minimum atomic E-state index is -0.187. The van der Waals surface area contributed by atoms with Gasteiger partial charge >= 0.3 is 0 Å². The van der Waals surface area contributed by atoms with Gasteiger partial charge in [0.05, 0.1) is 0 Å². The molecule has 0 amide bonds. The van der Waals surface area contributed by atoms with Crippen LogP contribution < -0.4 is 5.32 Å². The summed E-state index contributed by atoms with van der Waals surface area (Å²) in [7, 11) is 0. The lowest BCUT2D eigenvalue weighted by molar-refractivity contribution is 0.254. The van der Waals surface area contributed by atoms with Gasteiger partial charge in [0.25, 0.3) is 0 Å². The lowest BCUT2D eigenvalue weighted by Gasteiger charge is -2.31. The topological polar surface area (TPSA) is 12.0 Å². The molecule has 2 aliphatic rings. The zero-order chi connectivity index (χ0) is 13.5. The van der Waals surface area contributed by atoms with E-state index in [9.17, 15) is 4.39 Å². The van der Waals surface area contributed by atoms with Crippen molar-refractivity contribution in [3.05, 3.63) is 34.6 Å². The molecule has 0 aliphatic heterocycles. The van der Waals surface area contributed by atoms with Crippen LogP contribution in [0.4, 0.5) is 4.39 Å². The fourth-order valence-electron chi connectivity index (χ4n) is 2.91. The second-order valence-electron chi connectivity index (χ2n) is 6.50. The van der Waals surface area contributed by atoms with Crippen LogP contribution in [0.1, 0.15) is 38.2 Å². The number of halogens is 2. The molecule has 1 nitrogen and oxygen atoms in total. The maximum atomic E-state index is 13.4. The lowest BCUT2D eigenvalue weighted by Crippen LogP contribution is -2.36. The van der Waals surface area contributed by atoms with E-state index in [2.05, 4.69) is 12.2 Å². The Morgan fingerprint density at radius 2 is 2.05 bits per heavy atom. The quantitative estimate of drug-likeness (QED) is 0.824. The fourth-order valence-corrected chi connectivity index (χ4v) is 3.09. The first-order chi connectivity index (χ1) is 9.07. The minimum absolute atomic E-state index is 0.187. The van der Waals surface area contributed by atoms with Gasteiger partial charge in [-0.3, -0.25) is 0 Å². The van der Waals surface area contributed by atoms with Gasteiger partial charge < -0.3 is 5.32 Å². The average molecular weight is 282 g/mol. The third-order valence-corrected chi connectivity index (χ3v) is 4.91. The molecular weight excluding hydrogens is 261 g/mol. The Balaban J connectivity index is 1.73. The summed E-state index contributed by atoms with van der Waals surface area (Å²) in [5.74, 6) is 0.575. The highest BCUT2D eigenvalue weighted by atomic mass is 35.5. The van der Waals surface area contributed by atoms with Crippen LogP contribution in [0.2, 0.25) is 5.02 Å². The smallest absolute Gasteiger partial charge is 0.123 e. The van der Waals surface area contributed by atoms with Gasteiger partial charge in [-0.25, -0.2) is 4.39 Å². The van der Waals surface area contributed by atoms with E-state index in [1.54, 1.807) is 12.1 Å². The minimum Gasteiger partial charge on any atom is -0.313 e. The SMILES string of the molecule is CC(CNC1CC1)(Cc1cc(F)ccc1Cl)C1CC1. The molecule has 0 radical (unpaired) electrons. The van der Waals surface area contributed by atoms with E-state index in [-0.39, 0.29) is 11.2 Å². The van der Waals surface area contributed by atoms with Crippen molar-refractivity contribution in [3.8, 4) is 0 Å². The predicted molar refractivity (Wildman–Crippen MR) is 77.0 cm³/mol. The highest BCUT2D eigenvalue weighted by Crippen LogP contribution is 2.48. The van der Waals surface area contributed by atoms with Crippen LogP contribution in [0, 0.1) is 17.2 Å². The first kappa shape index (κ1) is 13.4. The molecule has 2 fully saturated rings. The molecule has 0 heterocycles. The summed E-state index contributed by atoms with van der Waals surface area (Å²) < 4.78 is 13.4. The number of nitrogens with one attached hydrogen (secondary N) is 1. The van der Waals surface area contributed by atoms with Crippen molar-refractivity contribution in [2.45, 2.75) is 45.1 Å². The standard InChI is InChI=1S/C16H21ClFN/c1-16(12-2-3-12,10-19-14-5-6-14)9-11-8-13(18)4-7-15(11)17/h4,7-8,12,14,19H,2-3,5-6,9-10H2,1H3. The normalized spacial score (nSPS) is 22.3. The van der Waals surface area contributed by atoms with Crippen LogP contribution in [-0.2, 0) is 6.42 Å². The summed E-state index contributed by atoms with van der Waals surface area (Å²) in [5.41, 5.74) is 1.16. The largest absolute Gasteiger partial charge is 0.313 e. The fraction of sp³-hybridized carbons (Fsp3) is 0.625. The van der Waals surface area contributed by atoms with Crippen molar-refractivity contribution < 1.29 is 4.39 Å². The Hall–Kier alpha value is -0.600. The summed E-state index contributed by atoms with van der Waals surface area (Å²) in [4.78, 5) is 0. The van der Waals surface area contributed by atoms with Gasteiger partial charge in [0.15, 0.2) is 0 Å². The molecule has 1 aromatic rings. The van der Waals surface area contributed by atoms with Crippen molar-refractivity contribution in [3.63, 3.8) is 0 Å². The van der Waals surface area contributed by atoms with Gasteiger partial charge in [-0.2, -0.15) is 0 Å². The molecule has 19 heavy (non-hydrogen) atoms. The second-order valence-corrected chi connectivity index (χ2v) is 6.90. The van der Waals surface area contributed by atoms with Crippen molar-refractivity contribution >= 4 is 11.6 Å². The Labute approximate surface area is 119 Å². The molecule has 1 unspecified atom stereocenters. The summed E-state index contributed by atoms with van der Waals surface area (Å²) >= 11 is 6.22. The molecule has 3 heteroatoms. The molecule has 3 rings (SSSR count). The number of rotatable bonds is 6. The molecule has 104 valence electrons. The van der Waals surface area contributed by atoms with E-state index in [0.29, 0.717) is 5.02 Å². The Bertz CT molecular complexity index is 468. The monoisotopic (exact) mass is 281 g/mol. The first-order valence-electron chi connectivity index (χ1n) is 7.24. The van der Waals surface area contributed by atoms with Crippen LogP contribution in [0.25, 0.3) is 0 Å². The summed E-state index contributed by atoms with van der Waals surface area (Å²) in [6, 6.07) is 5.43. The highest BCUT2D eigenvalue weighted by Gasteiger charge is 2.42. The molecule has 0 saturated heterocycles. The van der Waals surface area contributed by atoms with Crippen molar-refractivity contribution in [1.29, 1.82) is 0 Å². The van der Waals surface area contributed by atoms with E-state index in [1.165, 1.54) is 31.7 Å². The molecule has 1 N–H and O–H groups in total. The van der Waals surface area contributed by atoms with Gasteiger partial charge in [0.1, 0.15) is 5.82 Å². The Kier molecular flexibility index (Phi) is 3.57. The molecule has 1 atom stereocenters. The second kappa shape index (κ2) is 5.06. The van der Waals surface area contributed by atoms with Crippen LogP contribution in [0.15, 0.2) is 18.2 Å². The molecular formula is C16H21ClFN. The Morgan fingerprint density at radius 3 is 2.68 bits per heavy atom. The molecule has 1 aromatic carbocycles. The average Bonchev–Trinajstić information content (AvgIpc) is 3.24. The van der Waals surface area contributed by atoms with Crippen molar-refractivity contribution in [2.24, 2.45) is 11.3 Å². The van der Waals surface area contributed by atoms with Gasteiger partial charge in [0.2, 0.25) is 0 Å². The van der Waals surface area contributed by atoms with E-state index >= 15 is 0 Å². The highest BCUT2D eigenvalue weighted by molar-refractivity contribution is 6.31. The molecule has 0 bridgehead atoms. The van der Waals surface area contributed by atoms with Gasteiger partial charge in [-0.05, 0) is 67.2 Å². The van der Waals surface area contributed by atoms with Gasteiger partial charge in [-0.15, -0.1) is 0 Å². The Morgan fingerprint density at radius 1 is 1.32 bits per heavy atom. The zero-order valence-electron chi connectivity index (χ0n) is 11.4. The van der Waals surface area contributed by atoms with E-state index < -0.39 is 0 Å². The molecule has 2 saturated carbocycles. The van der Waals surface area contributed by atoms with E-state index in [1.807, 2.05) is 0 Å². The lowest BCUT2D eigenvalue weighted by atomic mass is 9.78. The van der Waals surface area contributed by atoms with Crippen LogP contribution >= 0.6 is 11.6 Å². The number of hydrogen-bond acceptors (Lipinski definition) is 1. The van der Waals surface area contributed by atoms with Crippen LogP contribution in [-0.4, -0.2) is 12.6 Å². The number of hydrogen-bond donors (Lipinski definition) is 1. The van der Waals surface area contributed by atoms with E-state index in [4.69, 9.17) is 11.6 Å². The molecule has 0 aromatic heterocycles.